The average Bonchev–Trinajstić information content (AvgIpc) is 2.67. The van der Waals surface area contributed by atoms with Gasteiger partial charge in [-0.1, -0.05) is 18.2 Å². The summed E-state index contributed by atoms with van der Waals surface area (Å²) in [5.74, 6) is -5.02. The van der Waals surface area contributed by atoms with Crippen LogP contribution in [0.2, 0.25) is 0 Å². The highest BCUT2D eigenvalue weighted by Gasteiger charge is 2.09. The third kappa shape index (κ3) is 6.60. The fourth-order valence-electron chi connectivity index (χ4n) is 1.96. The molecule has 0 radical (unpaired) electrons. The molecule has 0 fully saturated rings. The minimum Gasteiger partial charge on any atom is -0.452 e. The molecule has 0 aliphatic heterocycles. The zero-order chi connectivity index (χ0) is 20.5. The Morgan fingerprint density at radius 2 is 1.68 bits per heavy atom. The minimum atomic E-state index is -1.13. The predicted molar refractivity (Wildman–Crippen MR) is 94.4 cm³/mol. The zero-order valence-electron chi connectivity index (χ0n) is 14.4. The molecular formula is C19H15F3N2O4. The summed E-state index contributed by atoms with van der Waals surface area (Å²) in [5.41, 5.74) is 0.195. The van der Waals surface area contributed by atoms with Crippen LogP contribution in [0, 0.1) is 17.5 Å². The standard InChI is InChI=1S/C19H15F3N2O4/c20-14-4-2-1-3-12(14)5-8-19(27)28-11-18(26)23-10-17(25)24-13-6-7-15(21)16(22)9-13/h1-9H,10-11H2,(H,23,26)(H,24,25)/b8-5+. The Labute approximate surface area is 158 Å². The Morgan fingerprint density at radius 1 is 0.929 bits per heavy atom. The van der Waals surface area contributed by atoms with E-state index in [9.17, 15) is 27.6 Å². The molecular weight excluding hydrogens is 377 g/mol. The lowest BCUT2D eigenvalue weighted by Crippen LogP contribution is -2.35. The maximum absolute atomic E-state index is 13.4. The lowest BCUT2D eigenvalue weighted by atomic mass is 10.2. The van der Waals surface area contributed by atoms with Gasteiger partial charge in [-0.25, -0.2) is 18.0 Å². The summed E-state index contributed by atoms with van der Waals surface area (Å²) in [4.78, 5) is 34.7. The lowest BCUT2D eigenvalue weighted by molar-refractivity contribution is -0.143. The number of halogens is 3. The smallest absolute Gasteiger partial charge is 0.331 e. The number of benzene rings is 2. The molecule has 0 bridgehead atoms. The summed E-state index contributed by atoms with van der Waals surface area (Å²) in [6, 6.07) is 8.56. The molecule has 2 aromatic rings. The van der Waals surface area contributed by atoms with E-state index in [2.05, 4.69) is 15.4 Å². The molecule has 0 aliphatic carbocycles. The first-order chi connectivity index (χ1) is 13.3. The van der Waals surface area contributed by atoms with E-state index < -0.39 is 48.4 Å². The van der Waals surface area contributed by atoms with Gasteiger partial charge in [0.15, 0.2) is 18.2 Å². The van der Waals surface area contributed by atoms with Crippen LogP contribution >= 0.6 is 0 Å². The van der Waals surface area contributed by atoms with Crippen LogP contribution in [0.1, 0.15) is 5.56 Å². The molecule has 0 aromatic heterocycles. The van der Waals surface area contributed by atoms with Gasteiger partial charge < -0.3 is 15.4 Å². The first-order valence-corrected chi connectivity index (χ1v) is 7.96. The number of hydrogen-bond donors (Lipinski definition) is 2. The number of carbonyl (C=O) groups is 3. The molecule has 2 amide bonds. The van der Waals surface area contributed by atoms with E-state index in [1.165, 1.54) is 24.3 Å². The lowest BCUT2D eigenvalue weighted by Gasteiger charge is -2.07. The Hall–Kier alpha value is -3.62. The molecule has 9 heteroatoms. The highest BCUT2D eigenvalue weighted by atomic mass is 19.2. The first-order valence-electron chi connectivity index (χ1n) is 7.96. The van der Waals surface area contributed by atoms with Gasteiger partial charge in [-0.3, -0.25) is 9.59 Å². The number of anilines is 1. The molecule has 2 rings (SSSR count). The number of hydrogen-bond acceptors (Lipinski definition) is 4. The summed E-state index contributed by atoms with van der Waals surface area (Å²) in [6.45, 7) is -1.13. The van der Waals surface area contributed by atoms with Gasteiger partial charge in [-0.05, 0) is 24.3 Å². The van der Waals surface area contributed by atoms with E-state index in [-0.39, 0.29) is 11.3 Å². The van der Waals surface area contributed by atoms with E-state index in [0.717, 1.165) is 24.3 Å². The Balaban J connectivity index is 1.71. The SMILES string of the molecule is O=C(COC(=O)/C=C/c1ccccc1F)NCC(=O)Nc1ccc(F)c(F)c1. The monoisotopic (exact) mass is 392 g/mol. The van der Waals surface area contributed by atoms with Gasteiger partial charge in [0.1, 0.15) is 5.82 Å². The Kier molecular flexibility index (Phi) is 7.32. The second-order valence-corrected chi connectivity index (χ2v) is 5.42. The van der Waals surface area contributed by atoms with E-state index in [1.807, 2.05) is 0 Å². The van der Waals surface area contributed by atoms with Gasteiger partial charge in [0.05, 0.1) is 6.54 Å². The largest absolute Gasteiger partial charge is 0.452 e. The molecule has 0 atom stereocenters. The molecule has 0 saturated carbocycles. The van der Waals surface area contributed by atoms with E-state index in [4.69, 9.17) is 0 Å². The Morgan fingerprint density at radius 3 is 2.39 bits per heavy atom. The van der Waals surface area contributed by atoms with Gasteiger partial charge in [-0.15, -0.1) is 0 Å². The van der Waals surface area contributed by atoms with Crippen LogP contribution in [0.25, 0.3) is 6.08 Å². The normalized spacial score (nSPS) is 10.5. The maximum Gasteiger partial charge on any atom is 0.331 e. The molecule has 2 N–H and O–H groups in total. The maximum atomic E-state index is 13.4. The van der Waals surface area contributed by atoms with Crippen LogP contribution in [-0.2, 0) is 19.1 Å². The number of esters is 1. The first kappa shape index (κ1) is 20.7. The third-order valence-corrected chi connectivity index (χ3v) is 3.30. The van der Waals surface area contributed by atoms with Crippen molar-refractivity contribution in [3.05, 3.63) is 71.6 Å². The van der Waals surface area contributed by atoms with Crippen molar-refractivity contribution in [2.75, 3.05) is 18.5 Å². The number of nitrogens with one attached hydrogen (secondary N) is 2. The third-order valence-electron chi connectivity index (χ3n) is 3.30. The van der Waals surface area contributed by atoms with Crippen molar-refractivity contribution in [3.63, 3.8) is 0 Å². The summed E-state index contributed by atoms with van der Waals surface area (Å²) in [7, 11) is 0. The summed E-state index contributed by atoms with van der Waals surface area (Å²) < 4.78 is 43.9. The van der Waals surface area contributed by atoms with Gasteiger partial charge in [-0.2, -0.15) is 0 Å². The molecule has 0 unspecified atom stereocenters. The van der Waals surface area contributed by atoms with Gasteiger partial charge >= 0.3 is 5.97 Å². The molecule has 2 aromatic carbocycles. The van der Waals surface area contributed by atoms with Crippen LogP contribution in [-0.4, -0.2) is 30.9 Å². The highest BCUT2D eigenvalue weighted by molar-refractivity contribution is 5.95. The predicted octanol–water partition coefficient (Wildman–Crippen LogP) is 2.42. The van der Waals surface area contributed by atoms with Crippen molar-refractivity contribution >= 4 is 29.5 Å². The van der Waals surface area contributed by atoms with Crippen LogP contribution in [0.4, 0.5) is 18.9 Å². The molecule has 0 heterocycles. The number of ether oxygens (including phenoxy) is 1. The summed E-state index contributed by atoms with van der Waals surface area (Å²) in [6.07, 6.45) is 2.16. The molecule has 146 valence electrons. The van der Waals surface area contributed by atoms with Crippen LogP contribution < -0.4 is 10.6 Å². The van der Waals surface area contributed by atoms with Crippen LogP contribution in [0.15, 0.2) is 48.5 Å². The molecule has 0 aliphatic rings. The molecule has 0 saturated heterocycles. The highest BCUT2D eigenvalue weighted by Crippen LogP contribution is 2.12. The molecule has 28 heavy (non-hydrogen) atoms. The number of rotatable bonds is 7. The van der Waals surface area contributed by atoms with Crippen molar-refractivity contribution in [3.8, 4) is 0 Å². The zero-order valence-corrected chi connectivity index (χ0v) is 14.4. The second kappa shape index (κ2) is 9.91. The number of amides is 2. The topological polar surface area (TPSA) is 84.5 Å². The fourth-order valence-corrected chi connectivity index (χ4v) is 1.96. The van der Waals surface area contributed by atoms with Crippen molar-refractivity contribution in [2.45, 2.75) is 0 Å². The van der Waals surface area contributed by atoms with Gasteiger partial charge in [0, 0.05) is 23.4 Å². The summed E-state index contributed by atoms with van der Waals surface area (Å²) in [5, 5.41) is 4.45. The van der Waals surface area contributed by atoms with Crippen molar-refractivity contribution in [1.29, 1.82) is 0 Å². The van der Waals surface area contributed by atoms with Gasteiger partial charge in [0.25, 0.3) is 5.91 Å². The minimum absolute atomic E-state index is 0.0165. The van der Waals surface area contributed by atoms with Crippen molar-refractivity contribution in [2.24, 2.45) is 0 Å². The average molecular weight is 392 g/mol. The van der Waals surface area contributed by atoms with E-state index in [0.29, 0.717) is 0 Å². The van der Waals surface area contributed by atoms with Crippen molar-refractivity contribution < 1.29 is 32.3 Å². The molecule has 0 spiro atoms. The summed E-state index contributed by atoms with van der Waals surface area (Å²) >= 11 is 0. The van der Waals surface area contributed by atoms with E-state index in [1.54, 1.807) is 6.07 Å². The quantitative estimate of drug-likeness (QED) is 0.560. The van der Waals surface area contributed by atoms with Crippen molar-refractivity contribution in [1.82, 2.24) is 5.32 Å². The second-order valence-electron chi connectivity index (χ2n) is 5.42. The Bertz CT molecular complexity index is 916. The van der Waals surface area contributed by atoms with E-state index >= 15 is 0 Å². The van der Waals surface area contributed by atoms with Gasteiger partial charge in [0.2, 0.25) is 5.91 Å². The van der Waals surface area contributed by atoms with Crippen LogP contribution in [0.3, 0.4) is 0 Å². The van der Waals surface area contributed by atoms with Crippen LogP contribution in [0.5, 0.6) is 0 Å². The number of carbonyl (C=O) groups excluding carboxylic acids is 3. The molecule has 6 nitrogen and oxygen atoms in total. The fraction of sp³-hybridized carbons (Fsp3) is 0.105.